The third-order valence-electron chi connectivity index (χ3n) is 3.49. The first-order chi connectivity index (χ1) is 12.0. The standard InChI is InChI=1S/C19H15N5O/c1-12(25)14-5-2-6-15(10-14)17-16(18(20)24-19(21)23-17)8-7-13-4-3-9-22-11-13/h2-6,9-11H,1H3,(H4,20,21,23,24). The molecule has 0 saturated carbocycles. The number of carbonyl (C=O) groups excluding carboxylic acids is 1. The second-order valence-electron chi connectivity index (χ2n) is 5.32. The Hall–Kier alpha value is -3.72. The molecule has 0 saturated heterocycles. The normalized spacial score (nSPS) is 9.96. The average Bonchev–Trinajstić information content (AvgIpc) is 2.61. The SMILES string of the molecule is CC(=O)c1cccc(-c2nc(N)nc(N)c2C#Cc2cccnc2)c1. The van der Waals surface area contributed by atoms with E-state index >= 15 is 0 Å². The smallest absolute Gasteiger partial charge is 0.222 e. The average molecular weight is 329 g/mol. The van der Waals surface area contributed by atoms with Crippen molar-refractivity contribution in [1.29, 1.82) is 0 Å². The fourth-order valence-electron chi connectivity index (χ4n) is 2.29. The van der Waals surface area contributed by atoms with Crippen molar-refractivity contribution >= 4 is 17.5 Å². The van der Waals surface area contributed by atoms with E-state index in [0.29, 0.717) is 22.4 Å². The Morgan fingerprint density at radius 1 is 1.08 bits per heavy atom. The third-order valence-corrected chi connectivity index (χ3v) is 3.49. The van der Waals surface area contributed by atoms with Gasteiger partial charge in [-0.2, -0.15) is 4.98 Å². The minimum absolute atomic E-state index is 0.0418. The summed E-state index contributed by atoms with van der Waals surface area (Å²) in [6, 6.07) is 10.7. The lowest BCUT2D eigenvalue weighted by molar-refractivity contribution is 0.101. The molecule has 0 fully saturated rings. The second-order valence-corrected chi connectivity index (χ2v) is 5.32. The number of rotatable bonds is 2. The molecule has 0 radical (unpaired) electrons. The molecule has 4 N–H and O–H groups in total. The van der Waals surface area contributed by atoms with E-state index in [1.165, 1.54) is 6.92 Å². The molecule has 25 heavy (non-hydrogen) atoms. The van der Waals surface area contributed by atoms with Crippen molar-refractivity contribution in [2.45, 2.75) is 6.92 Å². The molecule has 6 heteroatoms. The van der Waals surface area contributed by atoms with Crippen molar-refractivity contribution in [2.75, 3.05) is 11.5 Å². The van der Waals surface area contributed by atoms with E-state index in [1.807, 2.05) is 12.1 Å². The molecule has 3 rings (SSSR count). The summed E-state index contributed by atoms with van der Waals surface area (Å²) in [6.07, 6.45) is 3.32. The van der Waals surface area contributed by atoms with Crippen LogP contribution in [0.2, 0.25) is 0 Å². The second kappa shape index (κ2) is 6.81. The fourth-order valence-corrected chi connectivity index (χ4v) is 2.29. The van der Waals surface area contributed by atoms with Crippen LogP contribution in [0.15, 0.2) is 48.8 Å². The number of ketones is 1. The molecule has 2 heterocycles. The van der Waals surface area contributed by atoms with E-state index in [2.05, 4.69) is 26.8 Å². The first-order valence-electron chi connectivity index (χ1n) is 7.51. The molecule has 122 valence electrons. The Labute approximate surface area is 145 Å². The fraction of sp³-hybridized carbons (Fsp3) is 0.0526. The Morgan fingerprint density at radius 2 is 1.92 bits per heavy atom. The van der Waals surface area contributed by atoms with Gasteiger partial charge in [0.15, 0.2) is 5.78 Å². The van der Waals surface area contributed by atoms with Crippen molar-refractivity contribution < 1.29 is 4.79 Å². The Kier molecular flexibility index (Phi) is 4.40. The van der Waals surface area contributed by atoms with Crippen LogP contribution in [0.4, 0.5) is 11.8 Å². The molecule has 0 spiro atoms. The van der Waals surface area contributed by atoms with Gasteiger partial charge >= 0.3 is 0 Å². The van der Waals surface area contributed by atoms with Crippen LogP contribution in [-0.2, 0) is 0 Å². The molecule has 6 nitrogen and oxygen atoms in total. The maximum absolute atomic E-state index is 11.6. The van der Waals surface area contributed by atoms with Gasteiger partial charge in [0.25, 0.3) is 0 Å². The topological polar surface area (TPSA) is 108 Å². The van der Waals surface area contributed by atoms with E-state index in [-0.39, 0.29) is 17.5 Å². The summed E-state index contributed by atoms with van der Waals surface area (Å²) in [5, 5.41) is 0. The lowest BCUT2D eigenvalue weighted by Gasteiger charge is -2.08. The molecule has 0 atom stereocenters. The van der Waals surface area contributed by atoms with Gasteiger partial charge < -0.3 is 11.5 Å². The summed E-state index contributed by atoms with van der Waals surface area (Å²) in [6.45, 7) is 1.50. The van der Waals surface area contributed by atoms with Crippen LogP contribution in [0.5, 0.6) is 0 Å². The van der Waals surface area contributed by atoms with Crippen LogP contribution in [0.3, 0.4) is 0 Å². The van der Waals surface area contributed by atoms with Gasteiger partial charge in [-0.1, -0.05) is 30.0 Å². The molecule has 0 amide bonds. The molecule has 3 aromatic rings. The van der Waals surface area contributed by atoms with E-state index in [4.69, 9.17) is 11.5 Å². The van der Waals surface area contributed by atoms with Crippen LogP contribution >= 0.6 is 0 Å². The van der Waals surface area contributed by atoms with Crippen molar-refractivity contribution in [1.82, 2.24) is 15.0 Å². The van der Waals surface area contributed by atoms with Gasteiger partial charge in [0.2, 0.25) is 5.95 Å². The van der Waals surface area contributed by atoms with Crippen LogP contribution < -0.4 is 11.5 Å². The molecule has 0 unspecified atom stereocenters. The monoisotopic (exact) mass is 329 g/mol. The first kappa shape index (κ1) is 16.1. The summed E-state index contributed by atoms with van der Waals surface area (Å²) in [4.78, 5) is 23.9. The third kappa shape index (κ3) is 3.62. The minimum Gasteiger partial charge on any atom is -0.382 e. The molecule has 1 aromatic carbocycles. The number of aromatic nitrogens is 3. The highest BCUT2D eigenvalue weighted by molar-refractivity contribution is 5.95. The summed E-state index contributed by atoms with van der Waals surface area (Å²) in [5.41, 5.74) is 14.7. The molecule has 0 aliphatic rings. The zero-order chi connectivity index (χ0) is 17.8. The number of anilines is 2. The summed E-state index contributed by atoms with van der Waals surface area (Å²) in [5.74, 6) is 6.17. The molecular formula is C19H15N5O. The van der Waals surface area contributed by atoms with Gasteiger partial charge in [-0.25, -0.2) is 4.98 Å². The number of hydrogen-bond donors (Lipinski definition) is 2. The van der Waals surface area contributed by atoms with Gasteiger partial charge in [0.1, 0.15) is 5.82 Å². The molecule has 0 aliphatic carbocycles. The van der Waals surface area contributed by atoms with Gasteiger partial charge in [-0.05, 0) is 25.1 Å². The van der Waals surface area contributed by atoms with Gasteiger partial charge in [-0.3, -0.25) is 9.78 Å². The largest absolute Gasteiger partial charge is 0.382 e. The highest BCUT2D eigenvalue weighted by Crippen LogP contribution is 2.26. The number of nitrogen functional groups attached to an aromatic ring is 2. The van der Waals surface area contributed by atoms with E-state index < -0.39 is 0 Å². The van der Waals surface area contributed by atoms with Crippen LogP contribution in [0.1, 0.15) is 28.4 Å². The quantitative estimate of drug-likeness (QED) is 0.552. The maximum Gasteiger partial charge on any atom is 0.222 e. The zero-order valence-electron chi connectivity index (χ0n) is 13.5. The Balaban J connectivity index is 2.16. The minimum atomic E-state index is -0.0418. The van der Waals surface area contributed by atoms with Gasteiger partial charge in [-0.15, -0.1) is 0 Å². The van der Waals surface area contributed by atoms with E-state index in [0.717, 1.165) is 5.56 Å². The molecule has 0 aliphatic heterocycles. The molecule has 2 aromatic heterocycles. The van der Waals surface area contributed by atoms with Crippen molar-refractivity contribution in [3.63, 3.8) is 0 Å². The van der Waals surface area contributed by atoms with E-state index in [1.54, 1.807) is 36.7 Å². The predicted octanol–water partition coefficient (Wildman–Crippen LogP) is 2.31. The van der Waals surface area contributed by atoms with Gasteiger partial charge in [0, 0.05) is 29.1 Å². The van der Waals surface area contributed by atoms with E-state index in [9.17, 15) is 4.79 Å². The molecule has 0 bridgehead atoms. The molecular weight excluding hydrogens is 314 g/mol. The number of Topliss-reactive ketones (excluding diaryl/α,β-unsaturated/α-hetero) is 1. The van der Waals surface area contributed by atoms with Crippen molar-refractivity contribution in [3.05, 3.63) is 65.5 Å². The Morgan fingerprint density at radius 3 is 2.64 bits per heavy atom. The maximum atomic E-state index is 11.6. The highest BCUT2D eigenvalue weighted by Gasteiger charge is 2.13. The predicted molar refractivity (Wildman–Crippen MR) is 96.5 cm³/mol. The number of benzene rings is 1. The van der Waals surface area contributed by atoms with Gasteiger partial charge in [0.05, 0.1) is 11.3 Å². The van der Waals surface area contributed by atoms with Crippen LogP contribution in [-0.4, -0.2) is 20.7 Å². The summed E-state index contributed by atoms with van der Waals surface area (Å²) < 4.78 is 0. The number of hydrogen-bond acceptors (Lipinski definition) is 6. The van der Waals surface area contributed by atoms with Crippen molar-refractivity contribution in [2.24, 2.45) is 0 Å². The zero-order valence-corrected chi connectivity index (χ0v) is 13.5. The van der Waals surface area contributed by atoms with Crippen LogP contribution in [0.25, 0.3) is 11.3 Å². The number of nitrogens with zero attached hydrogens (tertiary/aromatic N) is 3. The Bertz CT molecular complexity index is 1000. The summed E-state index contributed by atoms with van der Waals surface area (Å²) in [7, 11) is 0. The number of nitrogens with two attached hydrogens (primary N) is 2. The number of carbonyl (C=O) groups is 1. The van der Waals surface area contributed by atoms with Crippen molar-refractivity contribution in [3.8, 4) is 23.1 Å². The first-order valence-corrected chi connectivity index (χ1v) is 7.51. The number of pyridine rings is 1. The lowest BCUT2D eigenvalue weighted by atomic mass is 10.0. The summed E-state index contributed by atoms with van der Waals surface area (Å²) >= 11 is 0. The lowest BCUT2D eigenvalue weighted by Crippen LogP contribution is -2.05. The highest BCUT2D eigenvalue weighted by atomic mass is 16.1. The van der Waals surface area contributed by atoms with Crippen LogP contribution in [0, 0.1) is 11.8 Å².